The van der Waals surface area contributed by atoms with Gasteiger partial charge in [-0.2, -0.15) is 4.98 Å². The minimum atomic E-state index is -0.0987. The van der Waals surface area contributed by atoms with Crippen molar-refractivity contribution in [2.75, 3.05) is 5.32 Å². The van der Waals surface area contributed by atoms with E-state index in [1.165, 1.54) is 11.3 Å². The summed E-state index contributed by atoms with van der Waals surface area (Å²) in [5.74, 6) is 0.894. The largest absolute Gasteiger partial charge is 0.339 e. The zero-order valence-electron chi connectivity index (χ0n) is 16.1. The molecule has 7 nitrogen and oxygen atoms in total. The number of amides is 1. The molecule has 1 N–H and O–H groups in total. The van der Waals surface area contributed by atoms with Gasteiger partial charge in [-0.05, 0) is 37.6 Å². The molecule has 4 aromatic rings. The molecule has 0 aliphatic carbocycles. The molecule has 4 rings (SSSR count). The molecule has 3 aromatic heterocycles. The van der Waals surface area contributed by atoms with Crippen LogP contribution < -0.4 is 5.32 Å². The Balaban J connectivity index is 1.30. The molecule has 0 radical (unpaired) electrons. The molecule has 0 atom stereocenters. The Labute approximate surface area is 182 Å². The fraction of sp³-hybridized carbons (Fsp3) is 0.190. The van der Waals surface area contributed by atoms with Crippen LogP contribution in [0.3, 0.4) is 0 Å². The summed E-state index contributed by atoms with van der Waals surface area (Å²) >= 11 is 7.40. The molecule has 1 amide bonds. The second kappa shape index (κ2) is 9.15. The lowest BCUT2D eigenvalue weighted by Crippen LogP contribution is -2.11. The lowest BCUT2D eigenvalue weighted by atomic mass is 10.1. The third-order valence-electron chi connectivity index (χ3n) is 4.34. The quantitative estimate of drug-likeness (QED) is 0.426. The maximum atomic E-state index is 12.3. The molecule has 0 saturated carbocycles. The minimum Gasteiger partial charge on any atom is -0.339 e. The van der Waals surface area contributed by atoms with Crippen LogP contribution in [-0.2, 0) is 11.2 Å². The summed E-state index contributed by atoms with van der Waals surface area (Å²) in [6, 6.07) is 11.2. The van der Waals surface area contributed by atoms with Crippen molar-refractivity contribution in [3.05, 3.63) is 64.6 Å². The Morgan fingerprint density at radius 2 is 2.00 bits per heavy atom. The smallest absolute Gasteiger partial charge is 0.226 e. The molecule has 1 aromatic carbocycles. The Morgan fingerprint density at radius 3 is 2.77 bits per heavy atom. The molecule has 0 aliphatic rings. The number of hydrogen-bond donors (Lipinski definition) is 1. The lowest BCUT2D eigenvalue weighted by Gasteiger charge is -2.00. The van der Waals surface area contributed by atoms with E-state index in [4.69, 9.17) is 16.1 Å². The predicted octanol–water partition coefficient (Wildman–Crippen LogP) is 5.18. The van der Waals surface area contributed by atoms with Crippen LogP contribution in [0.5, 0.6) is 0 Å². The fourth-order valence-electron chi connectivity index (χ4n) is 2.88. The first-order valence-electron chi connectivity index (χ1n) is 9.34. The maximum absolute atomic E-state index is 12.3. The number of nitrogens with zero attached hydrogens (tertiary/aromatic N) is 4. The van der Waals surface area contributed by atoms with Crippen molar-refractivity contribution >= 4 is 34.0 Å². The molecular formula is C21H18ClN5O2S. The van der Waals surface area contributed by atoms with Crippen LogP contribution in [0.15, 0.2) is 53.3 Å². The first-order valence-corrected chi connectivity index (χ1v) is 10.5. The summed E-state index contributed by atoms with van der Waals surface area (Å²) < 4.78 is 5.26. The van der Waals surface area contributed by atoms with Crippen LogP contribution in [0.25, 0.3) is 22.6 Å². The van der Waals surface area contributed by atoms with E-state index < -0.39 is 0 Å². The Bertz CT molecular complexity index is 1140. The monoisotopic (exact) mass is 439 g/mol. The zero-order valence-corrected chi connectivity index (χ0v) is 17.7. The summed E-state index contributed by atoms with van der Waals surface area (Å²) in [7, 11) is 0. The number of benzene rings is 1. The number of pyridine rings is 1. The molecule has 9 heteroatoms. The third kappa shape index (κ3) is 4.90. The first kappa shape index (κ1) is 20.2. The van der Waals surface area contributed by atoms with Crippen LogP contribution in [0.1, 0.15) is 23.6 Å². The van der Waals surface area contributed by atoms with E-state index in [2.05, 4.69) is 25.4 Å². The van der Waals surface area contributed by atoms with Crippen molar-refractivity contribution < 1.29 is 9.32 Å². The number of carbonyl (C=O) groups is 1. The molecular weight excluding hydrogens is 422 g/mol. The number of rotatable bonds is 7. The third-order valence-corrected chi connectivity index (χ3v) is 5.48. The van der Waals surface area contributed by atoms with E-state index in [0.29, 0.717) is 41.1 Å². The molecule has 0 saturated heterocycles. The molecule has 0 aliphatic heterocycles. The van der Waals surface area contributed by atoms with Gasteiger partial charge in [0.15, 0.2) is 5.13 Å². The predicted molar refractivity (Wildman–Crippen MR) is 116 cm³/mol. The SMILES string of the molecule is Cc1sc(NC(=O)CCCc2nc(-c3cccnc3)no2)nc1-c1ccc(Cl)cc1. The number of hydrogen-bond acceptors (Lipinski definition) is 7. The minimum absolute atomic E-state index is 0.0987. The summed E-state index contributed by atoms with van der Waals surface area (Å²) in [5.41, 5.74) is 2.61. The number of nitrogens with one attached hydrogen (secondary N) is 1. The second-order valence-electron chi connectivity index (χ2n) is 6.59. The van der Waals surface area contributed by atoms with Crippen LogP contribution >= 0.6 is 22.9 Å². The maximum Gasteiger partial charge on any atom is 0.226 e. The summed E-state index contributed by atoms with van der Waals surface area (Å²) in [4.78, 5) is 26.3. The van der Waals surface area contributed by atoms with E-state index in [1.54, 1.807) is 12.4 Å². The number of aryl methyl sites for hydroxylation is 2. The summed E-state index contributed by atoms with van der Waals surface area (Å²) in [6.45, 7) is 1.98. The average Bonchev–Trinajstić information content (AvgIpc) is 3.36. The van der Waals surface area contributed by atoms with Crippen molar-refractivity contribution in [3.8, 4) is 22.6 Å². The lowest BCUT2D eigenvalue weighted by molar-refractivity contribution is -0.116. The van der Waals surface area contributed by atoms with E-state index in [-0.39, 0.29) is 5.91 Å². The second-order valence-corrected chi connectivity index (χ2v) is 8.23. The van der Waals surface area contributed by atoms with Gasteiger partial charge in [-0.15, -0.1) is 11.3 Å². The summed E-state index contributed by atoms with van der Waals surface area (Å²) in [5, 5.41) is 8.08. The van der Waals surface area contributed by atoms with E-state index >= 15 is 0 Å². The molecule has 0 bridgehead atoms. The van der Waals surface area contributed by atoms with Gasteiger partial charge in [-0.3, -0.25) is 9.78 Å². The van der Waals surface area contributed by atoms with Crippen LogP contribution in [0.4, 0.5) is 5.13 Å². The normalized spacial score (nSPS) is 10.9. The van der Waals surface area contributed by atoms with Crippen molar-refractivity contribution in [2.24, 2.45) is 0 Å². The highest BCUT2D eigenvalue weighted by molar-refractivity contribution is 7.16. The highest BCUT2D eigenvalue weighted by atomic mass is 35.5. The van der Waals surface area contributed by atoms with Crippen LogP contribution in [0, 0.1) is 6.92 Å². The highest BCUT2D eigenvalue weighted by Crippen LogP contribution is 2.31. The Hall–Kier alpha value is -3.10. The van der Waals surface area contributed by atoms with Gasteiger partial charge in [-0.25, -0.2) is 4.98 Å². The van der Waals surface area contributed by atoms with Gasteiger partial charge >= 0.3 is 0 Å². The topological polar surface area (TPSA) is 93.8 Å². The molecule has 30 heavy (non-hydrogen) atoms. The van der Waals surface area contributed by atoms with E-state index in [9.17, 15) is 4.79 Å². The molecule has 0 spiro atoms. The highest BCUT2D eigenvalue weighted by Gasteiger charge is 2.13. The Morgan fingerprint density at radius 1 is 1.17 bits per heavy atom. The molecule has 152 valence electrons. The zero-order chi connectivity index (χ0) is 20.9. The van der Waals surface area contributed by atoms with Gasteiger partial charge in [0, 0.05) is 46.3 Å². The number of aromatic nitrogens is 4. The fourth-order valence-corrected chi connectivity index (χ4v) is 3.85. The van der Waals surface area contributed by atoms with Gasteiger partial charge in [0.05, 0.1) is 5.69 Å². The van der Waals surface area contributed by atoms with E-state index in [0.717, 1.165) is 21.7 Å². The van der Waals surface area contributed by atoms with E-state index in [1.807, 2.05) is 43.3 Å². The summed E-state index contributed by atoms with van der Waals surface area (Å²) in [6.07, 6.45) is 4.81. The van der Waals surface area contributed by atoms with Crippen molar-refractivity contribution in [1.82, 2.24) is 20.1 Å². The van der Waals surface area contributed by atoms with Crippen molar-refractivity contribution in [2.45, 2.75) is 26.2 Å². The standard InChI is InChI=1S/C21H18ClN5O2S/c1-13-19(14-7-9-16(22)10-8-14)26-21(30-13)24-17(28)5-2-6-18-25-20(27-29-18)15-4-3-11-23-12-15/h3-4,7-12H,2,5-6H2,1H3,(H,24,26,28). The van der Waals surface area contributed by atoms with Crippen molar-refractivity contribution in [1.29, 1.82) is 0 Å². The number of halogens is 1. The molecule has 0 unspecified atom stereocenters. The number of thiazole rings is 1. The van der Waals surface area contributed by atoms with Gasteiger partial charge in [0.1, 0.15) is 0 Å². The number of anilines is 1. The van der Waals surface area contributed by atoms with Gasteiger partial charge < -0.3 is 9.84 Å². The van der Waals surface area contributed by atoms with Crippen molar-refractivity contribution in [3.63, 3.8) is 0 Å². The average molecular weight is 440 g/mol. The first-order chi connectivity index (χ1) is 14.6. The molecule has 3 heterocycles. The molecule has 0 fully saturated rings. The van der Waals surface area contributed by atoms with Gasteiger partial charge in [0.25, 0.3) is 0 Å². The number of carbonyl (C=O) groups excluding carboxylic acids is 1. The Kier molecular flexibility index (Phi) is 6.15. The van der Waals surface area contributed by atoms with Crippen LogP contribution in [0.2, 0.25) is 5.02 Å². The van der Waals surface area contributed by atoms with Gasteiger partial charge in [0.2, 0.25) is 17.6 Å². The van der Waals surface area contributed by atoms with Crippen LogP contribution in [-0.4, -0.2) is 26.0 Å². The van der Waals surface area contributed by atoms with Gasteiger partial charge in [-0.1, -0.05) is 28.9 Å².